The number of carbonyl (C=O) groups excluding carboxylic acids is 1. The van der Waals surface area contributed by atoms with Gasteiger partial charge in [0.1, 0.15) is 6.54 Å². The van der Waals surface area contributed by atoms with Gasteiger partial charge in [-0.2, -0.15) is 5.10 Å². The Kier molecular flexibility index (Phi) is 4.65. The van der Waals surface area contributed by atoms with Crippen LogP contribution in [0.15, 0.2) is 53.5 Å². The Morgan fingerprint density at radius 3 is 2.68 bits per heavy atom. The zero-order chi connectivity index (χ0) is 18.0. The lowest BCUT2D eigenvalue weighted by atomic mass is 10.1. The van der Waals surface area contributed by atoms with Crippen LogP contribution in [0, 0.1) is 13.8 Å². The van der Waals surface area contributed by atoms with Crippen LogP contribution >= 0.6 is 0 Å². The van der Waals surface area contributed by atoms with Crippen molar-refractivity contribution in [2.75, 3.05) is 11.4 Å². The van der Waals surface area contributed by atoms with E-state index in [0.717, 1.165) is 22.2 Å². The minimum Gasteiger partial charge on any atom is -0.311 e. The SMILES string of the molecule is CCN(C(=O)Cn1ncc2ccccc2c1=O)c1cc(C)ccc1C. The van der Waals surface area contributed by atoms with Gasteiger partial charge in [0.2, 0.25) is 5.91 Å². The van der Waals surface area contributed by atoms with Gasteiger partial charge in [0.05, 0.1) is 11.6 Å². The molecular formula is C20H21N3O2. The molecule has 0 aliphatic carbocycles. The Bertz CT molecular complexity index is 992. The molecule has 0 aliphatic heterocycles. The number of likely N-dealkylation sites (N-methyl/N-ethyl adjacent to an activating group) is 1. The summed E-state index contributed by atoms with van der Waals surface area (Å²) in [6, 6.07) is 13.3. The summed E-state index contributed by atoms with van der Waals surface area (Å²) in [5.74, 6) is -0.152. The third kappa shape index (κ3) is 3.31. The maximum Gasteiger partial charge on any atom is 0.275 e. The first kappa shape index (κ1) is 16.9. The summed E-state index contributed by atoms with van der Waals surface area (Å²) in [5, 5.41) is 5.50. The monoisotopic (exact) mass is 335 g/mol. The van der Waals surface area contributed by atoms with Crippen molar-refractivity contribution in [2.24, 2.45) is 0 Å². The van der Waals surface area contributed by atoms with Crippen LogP contribution in [-0.2, 0) is 11.3 Å². The van der Waals surface area contributed by atoms with E-state index in [2.05, 4.69) is 5.10 Å². The van der Waals surface area contributed by atoms with Gasteiger partial charge in [0.15, 0.2) is 0 Å². The molecule has 2 aromatic carbocycles. The first-order valence-corrected chi connectivity index (χ1v) is 8.33. The molecule has 128 valence electrons. The smallest absolute Gasteiger partial charge is 0.275 e. The number of carbonyl (C=O) groups is 1. The summed E-state index contributed by atoms with van der Waals surface area (Å²) in [5.41, 5.74) is 2.75. The number of rotatable bonds is 4. The quantitative estimate of drug-likeness (QED) is 0.736. The summed E-state index contributed by atoms with van der Waals surface area (Å²) in [6.07, 6.45) is 1.62. The van der Waals surface area contributed by atoms with Crippen LogP contribution in [0.5, 0.6) is 0 Å². The second-order valence-corrected chi connectivity index (χ2v) is 6.12. The molecule has 0 atom stereocenters. The van der Waals surface area contributed by atoms with Crippen LogP contribution in [0.2, 0.25) is 0 Å². The highest BCUT2D eigenvalue weighted by Crippen LogP contribution is 2.21. The van der Waals surface area contributed by atoms with E-state index in [1.807, 2.05) is 57.2 Å². The third-order valence-corrected chi connectivity index (χ3v) is 4.32. The Balaban J connectivity index is 1.94. The molecule has 1 amide bonds. The Morgan fingerprint density at radius 1 is 1.16 bits per heavy atom. The van der Waals surface area contributed by atoms with Crippen molar-refractivity contribution < 1.29 is 4.79 Å². The number of hydrogen-bond donors (Lipinski definition) is 0. The van der Waals surface area contributed by atoms with Crippen LogP contribution in [0.4, 0.5) is 5.69 Å². The van der Waals surface area contributed by atoms with Gasteiger partial charge in [-0.15, -0.1) is 0 Å². The molecular weight excluding hydrogens is 314 g/mol. The standard InChI is InChI=1S/C20H21N3O2/c1-4-22(18-11-14(2)9-10-15(18)3)19(24)13-23-20(25)17-8-6-5-7-16(17)12-21-23/h5-12H,4,13H2,1-3H3. The van der Waals surface area contributed by atoms with Gasteiger partial charge < -0.3 is 4.90 Å². The van der Waals surface area contributed by atoms with Crippen LogP contribution in [0.3, 0.4) is 0 Å². The van der Waals surface area contributed by atoms with Gasteiger partial charge >= 0.3 is 0 Å². The van der Waals surface area contributed by atoms with E-state index in [-0.39, 0.29) is 18.0 Å². The second kappa shape index (κ2) is 6.89. The normalized spacial score (nSPS) is 10.8. The van der Waals surface area contributed by atoms with E-state index >= 15 is 0 Å². The highest BCUT2D eigenvalue weighted by atomic mass is 16.2. The van der Waals surface area contributed by atoms with Crippen LogP contribution in [0.1, 0.15) is 18.1 Å². The molecule has 3 rings (SSSR count). The van der Waals surface area contributed by atoms with Crippen molar-refractivity contribution in [1.82, 2.24) is 9.78 Å². The molecule has 0 bridgehead atoms. The Labute approximate surface area is 146 Å². The number of benzene rings is 2. The van der Waals surface area contributed by atoms with Crippen molar-refractivity contribution in [3.63, 3.8) is 0 Å². The molecule has 0 aliphatic rings. The minimum absolute atomic E-state index is 0.0785. The number of hydrogen-bond acceptors (Lipinski definition) is 3. The molecule has 0 unspecified atom stereocenters. The van der Waals surface area contributed by atoms with E-state index in [4.69, 9.17) is 0 Å². The lowest BCUT2D eigenvalue weighted by Gasteiger charge is -2.23. The average Bonchev–Trinajstić information content (AvgIpc) is 2.61. The predicted molar refractivity (Wildman–Crippen MR) is 99.9 cm³/mol. The molecule has 0 N–H and O–H groups in total. The molecule has 5 nitrogen and oxygen atoms in total. The summed E-state index contributed by atoms with van der Waals surface area (Å²) in [6.45, 7) is 6.36. The lowest BCUT2D eigenvalue weighted by molar-refractivity contribution is -0.119. The first-order chi connectivity index (χ1) is 12.0. The molecule has 0 fully saturated rings. The maximum atomic E-state index is 12.8. The maximum absolute atomic E-state index is 12.8. The molecule has 1 aromatic heterocycles. The Hall–Kier alpha value is -2.95. The van der Waals surface area contributed by atoms with Crippen molar-refractivity contribution in [2.45, 2.75) is 27.3 Å². The predicted octanol–water partition coefficient (Wildman–Crippen LogP) is 3.07. The number of anilines is 1. The van der Waals surface area contributed by atoms with Crippen molar-refractivity contribution >= 4 is 22.4 Å². The summed E-state index contributed by atoms with van der Waals surface area (Å²) >= 11 is 0. The highest BCUT2D eigenvalue weighted by molar-refractivity contribution is 5.94. The summed E-state index contributed by atoms with van der Waals surface area (Å²) < 4.78 is 1.23. The number of aryl methyl sites for hydroxylation is 2. The minimum atomic E-state index is -0.247. The van der Waals surface area contributed by atoms with Crippen LogP contribution in [0.25, 0.3) is 10.8 Å². The van der Waals surface area contributed by atoms with Gasteiger partial charge in [-0.1, -0.05) is 30.3 Å². The fourth-order valence-electron chi connectivity index (χ4n) is 2.95. The number of nitrogens with zero attached hydrogens (tertiary/aromatic N) is 3. The van der Waals surface area contributed by atoms with E-state index in [9.17, 15) is 9.59 Å². The fraction of sp³-hybridized carbons (Fsp3) is 0.250. The van der Waals surface area contributed by atoms with Crippen LogP contribution in [-0.4, -0.2) is 22.2 Å². The van der Waals surface area contributed by atoms with Gasteiger partial charge in [-0.25, -0.2) is 4.68 Å². The molecule has 0 saturated carbocycles. The van der Waals surface area contributed by atoms with E-state index in [1.54, 1.807) is 17.2 Å². The van der Waals surface area contributed by atoms with Crippen molar-refractivity contribution in [3.05, 3.63) is 70.1 Å². The zero-order valence-electron chi connectivity index (χ0n) is 14.7. The first-order valence-electron chi connectivity index (χ1n) is 8.33. The van der Waals surface area contributed by atoms with Gasteiger partial charge in [-0.3, -0.25) is 9.59 Å². The summed E-state index contributed by atoms with van der Waals surface area (Å²) in [7, 11) is 0. The van der Waals surface area contributed by atoms with E-state index in [1.165, 1.54) is 4.68 Å². The van der Waals surface area contributed by atoms with Gasteiger partial charge in [0, 0.05) is 17.6 Å². The number of aromatic nitrogens is 2. The number of fused-ring (bicyclic) bond motifs is 1. The van der Waals surface area contributed by atoms with E-state index in [0.29, 0.717) is 11.9 Å². The third-order valence-electron chi connectivity index (χ3n) is 4.32. The molecule has 5 heteroatoms. The molecule has 0 saturated heterocycles. The van der Waals surface area contributed by atoms with E-state index < -0.39 is 0 Å². The van der Waals surface area contributed by atoms with Crippen molar-refractivity contribution in [3.8, 4) is 0 Å². The molecule has 0 spiro atoms. The van der Waals surface area contributed by atoms with Crippen molar-refractivity contribution in [1.29, 1.82) is 0 Å². The fourth-order valence-corrected chi connectivity index (χ4v) is 2.95. The van der Waals surface area contributed by atoms with Gasteiger partial charge in [-0.05, 0) is 44.0 Å². The molecule has 0 radical (unpaired) electrons. The van der Waals surface area contributed by atoms with Crippen LogP contribution < -0.4 is 10.5 Å². The molecule has 25 heavy (non-hydrogen) atoms. The average molecular weight is 335 g/mol. The highest BCUT2D eigenvalue weighted by Gasteiger charge is 2.18. The molecule has 1 heterocycles. The number of amides is 1. The lowest BCUT2D eigenvalue weighted by Crippen LogP contribution is -2.37. The second-order valence-electron chi connectivity index (χ2n) is 6.12. The Morgan fingerprint density at radius 2 is 1.92 bits per heavy atom. The molecule has 3 aromatic rings. The largest absolute Gasteiger partial charge is 0.311 e. The topological polar surface area (TPSA) is 55.2 Å². The summed E-state index contributed by atoms with van der Waals surface area (Å²) in [4.78, 5) is 27.1. The van der Waals surface area contributed by atoms with Gasteiger partial charge in [0.25, 0.3) is 5.56 Å². The zero-order valence-corrected chi connectivity index (χ0v) is 14.7.